The van der Waals surface area contributed by atoms with Crippen LogP contribution in [0, 0.1) is 17.1 Å². The van der Waals surface area contributed by atoms with E-state index in [4.69, 9.17) is 0 Å². The molecule has 0 amide bonds. The van der Waals surface area contributed by atoms with Crippen LogP contribution in [0.1, 0.15) is 5.69 Å². The van der Waals surface area contributed by atoms with E-state index < -0.39 is 0 Å². The van der Waals surface area contributed by atoms with Gasteiger partial charge in [0.25, 0.3) is 0 Å². The van der Waals surface area contributed by atoms with Gasteiger partial charge in [-0.25, -0.2) is 9.37 Å². The van der Waals surface area contributed by atoms with Crippen LogP contribution in [0.15, 0.2) is 60.7 Å². The molecule has 0 N–H and O–H groups in total. The standard InChI is InChI=1S/C18H10FN3/c19-14-6-3-5-13(10-14)18-21-15(11-20)17-9-8-12-4-1-2-7-16(12)22(17)18/h1-10H. The zero-order valence-electron chi connectivity index (χ0n) is 11.5. The van der Waals surface area contributed by atoms with Gasteiger partial charge in [0.2, 0.25) is 0 Å². The first-order chi connectivity index (χ1) is 10.8. The van der Waals surface area contributed by atoms with Crippen molar-refractivity contribution in [3.05, 3.63) is 72.2 Å². The summed E-state index contributed by atoms with van der Waals surface area (Å²) in [6.07, 6.45) is 0. The molecule has 0 spiro atoms. The van der Waals surface area contributed by atoms with Crippen LogP contribution in [0.3, 0.4) is 0 Å². The van der Waals surface area contributed by atoms with E-state index in [0.717, 1.165) is 16.4 Å². The van der Waals surface area contributed by atoms with Gasteiger partial charge in [0.05, 0.1) is 11.0 Å². The van der Waals surface area contributed by atoms with Crippen LogP contribution in [0.5, 0.6) is 0 Å². The monoisotopic (exact) mass is 287 g/mol. The highest BCUT2D eigenvalue weighted by Gasteiger charge is 2.14. The van der Waals surface area contributed by atoms with E-state index >= 15 is 0 Å². The Morgan fingerprint density at radius 1 is 0.955 bits per heavy atom. The van der Waals surface area contributed by atoms with E-state index in [1.165, 1.54) is 12.1 Å². The lowest BCUT2D eigenvalue weighted by Gasteiger charge is -2.06. The average molecular weight is 287 g/mol. The van der Waals surface area contributed by atoms with Crippen molar-refractivity contribution in [3.8, 4) is 17.5 Å². The lowest BCUT2D eigenvalue weighted by molar-refractivity contribution is 0.628. The molecule has 0 aliphatic heterocycles. The van der Waals surface area contributed by atoms with Gasteiger partial charge in [0.15, 0.2) is 5.69 Å². The molecular formula is C18H10FN3. The van der Waals surface area contributed by atoms with E-state index in [2.05, 4.69) is 11.1 Å². The molecule has 2 heterocycles. The molecule has 22 heavy (non-hydrogen) atoms. The topological polar surface area (TPSA) is 41.1 Å². The van der Waals surface area contributed by atoms with Crippen molar-refractivity contribution in [2.45, 2.75) is 0 Å². The number of aromatic nitrogens is 2. The highest BCUT2D eigenvalue weighted by molar-refractivity contribution is 5.86. The highest BCUT2D eigenvalue weighted by atomic mass is 19.1. The molecule has 2 aromatic heterocycles. The van der Waals surface area contributed by atoms with Gasteiger partial charge in [-0.05, 0) is 29.7 Å². The lowest BCUT2D eigenvalue weighted by atomic mass is 10.2. The van der Waals surface area contributed by atoms with Gasteiger partial charge >= 0.3 is 0 Å². The van der Waals surface area contributed by atoms with Crippen molar-refractivity contribution >= 4 is 16.4 Å². The molecule has 0 saturated carbocycles. The van der Waals surface area contributed by atoms with Crippen molar-refractivity contribution in [2.24, 2.45) is 0 Å². The molecule has 4 heteroatoms. The molecule has 0 radical (unpaired) electrons. The van der Waals surface area contributed by atoms with Crippen LogP contribution in [-0.4, -0.2) is 9.38 Å². The first-order valence-corrected chi connectivity index (χ1v) is 6.84. The number of nitrogens with zero attached hydrogens (tertiary/aromatic N) is 3. The van der Waals surface area contributed by atoms with Gasteiger partial charge in [0, 0.05) is 5.56 Å². The fourth-order valence-electron chi connectivity index (χ4n) is 2.73. The van der Waals surface area contributed by atoms with E-state index in [9.17, 15) is 9.65 Å². The Hall–Kier alpha value is -3.19. The molecule has 4 aromatic rings. The van der Waals surface area contributed by atoms with E-state index in [1.54, 1.807) is 12.1 Å². The Morgan fingerprint density at radius 2 is 1.82 bits per heavy atom. The quantitative estimate of drug-likeness (QED) is 0.527. The van der Waals surface area contributed by atoms with Crippen LogP contribution >= 0.6 is 0 Å². The Balaban J connectivity index is 2.19. The van der Waals surface area contributed by atoms with Crippen molar-refractivity contribution < 1.29 is 4.39 Å². The third kappa shape index (κ3) is 1.76. The number of rotatable bonds is 1. The number of hydrogen-bond donors (Lipinski definition) is 0. The summed E-state index contributed by atoms with van der Waals surface area (Å²) in [6, 6.07) is 20.1. The second-order valence-corrected chi connectivity index (χ2v) is 5.02. The number of para-hydroxylation sites is 1. The summed E-state index contributed by atoms with van der Waals surface area (Å²) in [5.74, 6) is 0.246. The molecule has 0 unspecified atom stereocenters. The molecule has 0 aliphatic rings. The molecule has 0 fully saturated rings. The molecule has 3 nitrogen and oxygen atoms in total. The van der Waals surface area contributed by atoms with E-state index in [0.29, 0.717) is 17.1 Å². The van der Waals surface area contributed by atoms with E-state index in [1.807, 2.05) is 40.8 Å². The van der Waals surface area contributed by atoms with Gasteiger partial charge < -0.3 is 0 Å². The van der Waals surface area contributed by atoms with Gasteiger partial charge in [0.1, 0.15) is 17.7 Å². The molecule has 0 atom stereocenters. The third-order valence-corrected chi connectivity index (χ3v) is 3.70. The number of benzene rings is 2. The fraction of sp³-hybridized carbons (Fsp3) is 0. The summed E-state index contributed by atoms with van der Waals surface area (Å²) in [5, 5.41) is 10.4. The highest BCUT2D eigenvalue weighted by Crippen LogP contribution is 2.27. The van der Waals surface area contributed by atoms with Gasteiger partial charge in [-0.3, -0.25) is 4.40 Å². The van der Waals surface area contributed by atoms with Gasteiger partial charge in [-0.2, -0.15) is 5.26 Å². The lowest BCUT2D eigenvalue weighted by Crippen LogP contribution is -1.92. The zero-order chi connectivity index (χ0) is 15.1. The Labute approximate surface area is 125 Å². The maximum absolute atomic E-state index is 13.6. The second kappa shape index (κ2) is 4.68. The van der Waals surface area contributed by atoms with Crippen molar-refractivity contribution in [3.63, 3.8) is 0 Å². The van der Waals surface area contributed by atoms with Gasteiger partial charge in [-0.15, -0.1) is 0 Å². The summed E-state index contributed by atoms with van der Waals surface area (Å²) < 4.78 is 15.5. The first-order valence-electron chi connectivity index (χ1n) is 6.84. The van der Waals surface area contributed by atoms with Gasteiger partial charge in [-0.1, -0.05) is 36.4 Å². The summed E-state index contributed by atoms with van der Waals surface area (Å²) in [6.45, 7) is 0. The smallest absolute Gasteiger partial charge is 0.166 e. The van der Waals surface area contributed by atoms with Crippen LogP contribution < -0.4 is 0 Å². The number of imidazole rings is 1. The van der Waals surface area contributed by atoms with Crippen LogP contribution in [-0.2, 0) is 0 Å². The number of hydrogen-bond acceptors (Lipinski definition) is 2. The van der Waals surface area contributed by atoms with Crippen molar-refractivity contribution in [1.29, 1.82) is 5.26 Å². The molecule has 104 valence electrons. The summed E-state index contributed by atoms with van der Waals surface area (Å²) >= 11 is 0. The predicted molar refractivity (Wildman–Crippen MR) is 82.8 cm³/mol. The predicted octanol–water partition coefficient (Wildman–Crippen LogP) is 4.17. The Bertz CT molecular complexity index is 1060. The molecule has 0 saturated heterocycles. The maximum Gasteiger partial charge on any atom is 0.166 e. The first kappa shape index (κ1) is 12.5. The number of pyridine rings is 1. The minimum absolute atomic E-state index is 0.326. The summed E-state index contributed by atoms with van der Waals surface area (Å²) in [4.78, 5) is 4.40. The number of halogens is 1. The van der Waals surface area contributed by atoms with Crippen LogP contribution in [0.2, 0.25) is 0 Å². The molecule has 0 bridgehead atoms. The molecule has 2 aromatic carbocycles. The minimum atomic E-state index is -0.326. The maximum atomic E-state index is 13.6. The van der Waals surface area contributed by atoms with Crippen LogP contribution in [0.4, 0.5) is 4.39 Å². The molecule has 4 rings (SSSR count). The molecular weight excluding hydrogens is 277 g/mol. The number of nitriles is 1. The summed E-state index contributed by atoms with van der Waals surface area (Å²) in [5.41, 5.74) is 2.64. The summed E-state index contributed by atoms with van der Waals surface area (Å²) in [7, 11) is 0. The number of fused-ring (bicyclic) bond motifs is 3. The Kier molecular flexibility index (Phi) is 2.67. The van der Waals surface area contributed by atoms with Crippen molar-refractivity contribution in [2.75, 3.05) is 0 Å². The normalized spacial score (nSPS) is 10.9. The van der Waals surface area contributed by atoms with E-state index in [-0.39, 0.29) is 5.82 Å². The fourth-order valence-corrected chi connectivity index (χ4v) is 2.73. The SMILES string of the molecule is N#Cc1nc(-c2cccc(F)c2)n2c1ccc1ccccc12. The minimum Gasteiger partial charge on any atom is -0.291 e. The Morgan fingerprint density at radius 3 is 2.64 bits per heavy atom. The third-order valence-electron chi connectivity index (χ3n) is 3.70. The molecule has 0 aliphatic carbocycles. The second-order valence-electron chi connectivity index (χ2n) is 5.02. The van der Waals surface area contributed by atoms with Crippen molar-refractivity contribution in [1.82, 2.24) is 9.38 Å². The van der Waals surface area contributed by atoms with Crippen LogP contribution in [0.25, 0.3) is 27.8 Å². The average Bonchev–Trinajstić information content (AvgIpc) is 2.94. The largest absolute Gasteiger partial charge is 0.291 e. The zero-order valence-corrected chi connectivity index (χ0v) is 11.5.